The van der Waals surface area contributed by atoms with E-state index in [1.54, 1.807) is 13.2 Å². The first-order valence-electron chi connectivity index (χ1n) is 4.66. The minimum absolute atomic E-state index is 0.400. The van der Waals surface area contributed by atoms with Crippen LogP contribution in [0, 0.1) is 0 Å². The van der Waals surface area contributed by atoms with Crippen LogP contribution in [0.2, 0.25) is 0 Å². The van der Waals surface area contributed by atoms with Crippen LogP contribution in [0.15, 0.2) is 28.9 Å². The van der Waals surface area contributed by atoms with Gasteiger partial charge in [0.25, 0.3) is 5.19 Å². The maximum atomic E-state index is 10.5. The molecule has 17 heavy (non-hydrogen) atoms. The van der Waals surface area contributed by atoms with Gasteiger partial charge in [0.1, 0.15) is 0 Å². The van der Waals surface area contributed by atoms with Crippen LogP contribution in [-0.4, -0.2) is 18.4 Å². The smallest absolute Gasteiger partial charge is 0.279 e. The summed E-state index contributed by atoms with van der Waals surface area (Å²) in [4.78, 5) is 15.1. The number of para-hydroxylation sites is 1. The first kappa shape index (κ1) is 12.1. The Balaban J connectivity index is 2.31. The van der Waals surface area contributed by atoms with E-state index in [1.165, 1.54) is 17.5 Å². The van der Waals surface area contributed by atoms with E-state index in [2.05, 4.69) is 20.9 Å². The molecule has 0 saturated carbocycles. The van der Waals surface area contributed by atoms with E-state index >= 15 is 0 Å². The van der Waals surface area contributed by atoms with Crippen LogP contribution in [-0.2, 0) is 0 Å². The van der Waals surface area contributed by atoms with Gasteiger partial charge in [-0.2, -0.15) is 0 Å². The quantitative estimate of drug-likeness (QED) is 0.810. The van der Waals surface area contributed by atoms with Gasteiger partial charge in [0.2, 0.25) is 0 Å². The monoisotopic (exact) mass is 313 g/mol. The summed E-state index contributed by atoms with van der Waals surface area (Å²) in [5.41, 5.74) is 0. The number of hydrogen-bond acceptors (Lipinski definition) is 5. The largest absolute Gasteiger partial charge is 0.493 e. The summed E-state index contributed by atoms with van der Waals surface area (Å²) in [6, 6.07) is 5.47. The number of aldehydes is 1. The molecule has 0 amide bonds. The molecule has 1 aromatic carbocycles. The number of carbonyl (C=O) groups is 1. The average molecular weight is 314 g/mol. The Kier molecular flexibility index (Phi) is 3.75. The highest BCUT2D eigenvalue weighted by atomic mass is 79.9. The number of thiazole rings is 1. The van der Waals surface area contributed by atoms with Gasteiger partial charge in [-0.15, -0.1) is 0 Å². The Morgan fingerprint density at radius 1 is 1.47 bits per heavy atom. The summed E-state index contributed by atoms with van der Waals surface area (Å²) in [5, 5.41) is 0.400. The Hall–Kier alpha value is -1.40. The third-order valence-electron chi connectivity index (χ3n) is 1.96. The second-order valence-electron chi connectivity index (χ2n) is 3.02. The lowest BCUT2D eigenvalue weighted by atomic mass is 10.3. The molecule has 0 fully saturated rings. The molecule has 1 heterocycles. The predicted octanol–water partition coefficient (Wildman–Crippen LogP) is 3.52. The van der Waals surface area contributed by atoms with Gasteiger partial charge in [0.15, 0.2) is 17.8 Å². The molecule has 2 rings (SSSR count). The topological polar surface area (TPSA) is 48.4 Å². The Labute approximate surface area is 110 Å². The van der Waals surface area contributed by atoms with E-state index in [-0.39, 0.29) is 0 Å². The van der Waals surface area contributed by atoms with E-state index in [0.29, 0.717) is 21.6 Å². The third kappa shape index (κ3) is 2.65. The van der Waals surface area contributed by atoms with Crippen molar-refractivity contribution in [1.29, 1.82) is 0 Å². The molecule has 0 aliphatic rings. The van der Waals surface area contributed by atoms with Crippen molar-refractivity contribution in [1.82, 2.24) is 4.98 Å². The highest BCUT2D eigenvalue weighted by Crippen LogP contribution is 2.38. The van der Waals surface area contributed by atoms with Crippen LogP contribution in [0.25, 0.3) is 0 Å². The number of carbonyl (C=O) groups excluding carboxylic acids is 1. The average Bonchev–Trinajstić information content (AvgIpc) is 2.79. The summed E-state index contributed by atoms with van der Waals surface area (Å²) in [7, 11) is 1.56. The van der Waals surface area contributed by atoms with E-state index in [0.717, 1.165) is 10.8 Å². The number of hydrogen-bond donors (Lipinski definition) is 0. The molecule has 0 bridgehead atoms. The predicted molar refractivity (Wildman–Crippen MR) is 68.3 cm³/mol. The summed E-state index contributed by atoms with van der Waals surface area (Å²) in [6.07, 6.45) is 2.21. The lowest BCUT2D eigenvalue weighted by Crippen LogP contribution is -1.90. The number of nitrogens with zero attached hydrogens (tertiary/aromatic N) is 1. The number of aromatic nitrogens is 1. The molecule has 0 unspecified atom stereocenters. The molecule has 2 aromatic rings. The zero-order chi connectivity index (χ0) is 12.3. The standard InChI is InChI=1S/C11H8BrNO3S/c1-15-9-4-2-3-8(12)10(9)16-11-13-5-7(6-14)17-11/h2-6H,1H3. The van der Waals surface area contributed by atoms with Crippen molar-refractivity contribution in [2.24, 2.45) is 0 Å². The molecule has 0 aliphatic heterocycles. The maximum Gasteiger partial charge on any atom is 0.279 e. The SMILES string of the molecule is COc1cccc(Br)c1Oc1ncc(C=O)s1. The van der Waals surface area contributed by atoms with Crippen molar-refractivity contribution in [3.63, 3.8) is 0 Å². The summed E-state index contributed by atoms with van der Waals surface area (Å²) >= 11 is 4.55. The second-order valence-corrected chi connectivity index (χ2v) is 4.90. The van der Waals surface area contributed by atoms with Crippen molar-refractivity contribution >= 4 is 33.6 Å². The number of rotatable bonds is 4. The number of halogens is 1. The normalized spacial score (nSPS) is 10.0. The third-order valence-corrected chi connectivity index (χ3v) is 3.38. The molecule has 6 heteroatoms. The zero-order valence-corrected chi connectivity index (χ0v) is 11.2. The van der Waals surface area contributed by atoms with Crippen molar-refractivity contribution in [2.75, 3.05) is 7.11 Å². The molecule has 0 N–H and O–H groups in total. The van der Waals surface area contributed by atoms with E-state index < -0.39 is 0 Å². The van der Waals surface area contributed by atoms with Crippen LogP contribution in [0.5, 0.6) is 16.7 Å². The van der Waals surface area contributed by atoms with E-state index in [1.807, 2.05) is 12.1 Å². The zero-order valence-electron chi connectivity index (χ0n) is 8.84. The van der Waals surface area contributed by atoms with E-state index in [4.69, 9.17) is 9.47 Å². The highest BCUT2D eigenvalue weighted by Gasteiger charge is 2.12. The molecule has 0 spiro atoms. The first-order chi connectivity index (χ1) is 8.24. The van der Waals surface area contributed by atoms with Crippen LogP contribution in [0.3, 0.4) is 0 Å². The second kappa shape index (κ2) is 5.29. The van der Waals surface area contributed by atoms with Crippen molar-refractivity contribution < 1.29 is 14.3 Å². The maximum absolute atomic E-state index is 10.5. The van der Waals surface area contributed by atoms with Crippen molar-refractivity contribution in [3.05, 3.63) is 33.7 Å². The molecular weight excluding hydrogens is 306 g/mol. The minimum atomic E-state index is 0.400. The van der Waals surface area contributed by atoms with Gasteiger partial charge in [-0.1, -0.05) is 17.4 Å². The molecule has 0 radical (unpaired) electrons. The summed E-state index contributed by atoms with van der Waals surface area (Å²) in [6.45, 7) is 0. The van der Waals surface area contributed by atoms with Crippen LogP contribution < -0.4 is 9.47 Å². The molecule has 0 atom stereocenters. The van der Waals surface area contributed by atoms with Gasteiger partial charge in [0.05, 0.1) is 22.7 Å². The first-order valence-corrected chi connectivity index (χ1v) is 6.27. The Bertz CT molecular complexity index is 541. The van der Waals surface area contributed by atoms with Crippen LogP contribution in [0.4, 0.5) is 0 Å². The fourth-order valence-corrected chi connectivity index (χ4v) is 2.22. The van der Waals surface area contributed by atoms with Gasteiger partial charge in [-0.05, 0) is 28.1 Å². The molecule has 88 valence electrons. The Morgan fingerprint density at radius 2 is 2.29 bits per heavy atom. The molecule has 4 nitrogen and oxygen atoms in total. The van der Waals surface area contributed by atoms with Gasteiger partial charge in [-0.25, -0.2) is 4.98 Å². The summed E-state index contributed by atoms with van der Waals surface area (Å²) in [5.74, 6) is 1.14. The van der Waals surface area contributed by atoms with Crippen LogP contribution in [0.1, 0.15) is 9.67 Å². The van der Waals surface area contributed by atoms with Crippen molar-refractivity contribution in [3.8, 4) is 16.7 Å². The number of benzene rings is 1. The lowest BCUT2D eigenvalue weighted by Gasteiger charge is -2.09. The van der Waals surface area contributed by atoms with Crippen molar-refractivity contribution in [2.45, 2.75) is 0 Å². The Morgan fingerprint density at radius 3 is 2.94 bits per heavy atom. The van der Waals surface area contributed by atoms with Gasteiger partial charge < -0.3 is 9.47 Å². The minimum Gasteiger partial charge on any atom is -0.493 e. The highest BCUT2D eigenvalue weighted by molar-refractivity contribution is 9.10. The fourth-order valence-electron chi connectivity index (χ4n) is 1.21. The summed E-state index contributed by atoms with van der Waals surface area (Å²) < 4.78 is 11.5. The van der Waals surface area contributed by atoms with Gasteiger partial charge >= 0.3 is 0 Å². The lowest BCUT2D eigenvalue weighted by molar-refractivity contribution is 0.112. The fraction of sp³-hybridized carbons (Fsp3) is 0.0909. The number of methoxy groups -OCH3 is 1. The molecule has 0 saturated heterocycles. The van der Waals surface area contributed by atoms with Gasteiger partial charge in [0, 0.05) is 0 Å². The van der Waals surface area contributed by atoms with Gasteiger partial charge in [-0.3, -0.25) is 4.79 Å². The van der Waals surface area contributed by atoms with E-state index in [9.17, 15) is 4.79 Å². The number of ether oxygens (including phenoxy) is 2. The molecular formula is C11H8BrNO3S. The molecule has 0 aliphatic carbocycles. The van der Waals surface area contributed by atoms with Crippen LogP contribution >= 0.6 is 27.3 Å². The molecule has 1 aromatic heterocycles.